The standard InChI is InChI=1S/C20H19F4NO3/c1-12-3-6-14(7-4-12)27-17(25)10-19(26,20(22,23)24)11-18(2)15-9-13(21)5-8-16(15)28-18/h3-9,25-26H,10-11H2,1-2H3. The van der Waals surface area contributed by atoms with Crippen molar-refractivity contribution in [1.29, 1.82) is 5.41 Å². The molecule has 150 valence electrons. The van der Waals surface area contributed by atoms with Gasteiger partial charge in [0, 0.05) is 12.0 Å². The summed E-state index contributed by atoms with van der Waals surface area (Å²) < 4.78 is 65.0. The number of hydrogen-bond acceptors (Lipinski definition) is 4. The first-order valence-corrected chi connectivity index (χ1v) is 8.52. The summed E-state index contributed by atoms with van der Waals surface area (Å²) in [6.07, 6.45) is -7.06. The number of halogens is 4. The summed E-state index contributed by atoms with van der Waals surface area (Å²) >= 11 is 0. The van der Waals surface area contributed by atoms with Gasteiger partial charge in [0.05, 0.1) is 6.42 Å². The summed E-state index contributed by atoms with van der Waals surface area (Å²) in [7, 11) is 0. The van der Waals surface area contributed by atoms with E-state index in [4.69, 9.17) is 14.9 Å². The van der Waals surface area contributed by atoms with Crippen LogP contribution in [0.4, 0.5) is 17.6 Å². The zero-order valence-corrected chi connectivity index (χ0v) is 15.2. The number of aliphatic hydroxyl groups is 1. The summed E-state index contributed by atoms with van der Waals surface area (Å²) in [5, 5.41) is 18.2. The molecule has 0 aromatic heterocycles. The van der Waals surface area contributed by atoms with Gasteiger partial charge in [0.1, 0.15) is 22.9 Å². The molecule has 1 aliphatic heterocycles. The maximum atomic E-state index is 13.7. The molecule has 2 N–H and O–H groups in total. The van der Waals surface area contributed by atoms with E-state index >= 15 is 0 Å². The summed E-state index contributed by atoms with van der Waals surface area (Å²) in [5.41, 5.74) is -3.66. The van der Waals surface area contributed by atoms with E-state index < -0.39 is 41.9 Å². The number of benzene rings is 2. The third-order valence-corrected chi connectivity index (χ3v) is 4.72. The van der Waals surface area contributed by atoms with Crippen molar-refractivity contribution in [3.8, 4) is 11.5 Å². The Morgan fingerprint density at radius 3 is 2.43 bits per heavy atom. The van der Waals surface area contributed by atoms with Gasteiger partial charge in [-0.15, -0.1) is 0 Å². The van der Waals surface area contributed by atoms with Gasteiger partial charge in [-0.1, -0.05) is 17.7 Å². The molecular weight excluding hydrogens is 378 g/mol. The van der Waals surface area contributed by atoms with Gasteiger partial charge >= 0.3 is 6.18 Å². The van der Waals surface area contributed by atoms with Gasteiger partial charge in [0.25, 0.3) is 0 Å². The Bertz CT molecular complexity index is 897. The minimum atomic E-state index is -5.05. The topological polar surface area (TPSA) is 62.5 Å². The van der Waals surface area contributed by atoms with Gasteiger partial charge < -0.3 is 14.6 Å². The third-order valence-electron chi connectivity index (χ3n) is 4.72. The van der Waals surface area contributed by atoms with E-state index in [0.29, 0.717) is 0 Å². The van der Waals surface area contributed by atoms with Crippen molar-refractivity contribution < 1.29 is 32.1 Å². The summed E-state index contributed by atoms with van der Waals surface area (Å²) in [4.78, 5) is 0. The monoisotopic (exact) mass is 397 g/mol. The Kier molecular flexibility index (Phi) is 4.87. The molecule has 0 radical (unpaired) electrons. The Morgan fingerprint density at radius 1 is 1.18 bits per heavy atom. The molecule has 0 aliphatic carbocycles. The summed E-state index contributed by atoms with van der Waals surface area (Å²) in [6.45, 7) is 3.17. The molecule has 3 rings (SSSR count). The lowest BCUT2D eigenvalue weighted by Crippen LogP contribution is -2.54. The van der Waals surface area contributed by atoms with Crippen molar-refractivity contribution in [3.05, 3.63) is 59.4 Å². The van der Waals surface area contributed by atoms with Crippen LogP contribution in [0.3, 0.4) is 0 Å². The first kappa shape index (κ1) is 20.1. The minimum Gasteiger partial charge on any atom is -0.482 e. The molecule has 0 fully saturated rings. The first-order chi connectivity index (χ1) is 12.9. The molecule has 2 unspecified atom stereocenters. The van der Waals surface area contributed by atoms with Gasteiger partial charge in [-0.2, -0.15) is 13.2 Å². The highest BCUT2D eigenvalue weighted by Gasteiger charge is 2.60. The quantitative estimate of drug-likeness (QED) is 0.430. The van der Waals surface area contributed by atoms with Crippen LogP contribution >= 0.6 is 0 Å². The van der Waals surface area contributed by atoms with Crippen LogP contribution in [-0.2, 0) is 5.60 Å². The van der Waals surface area contributed by atoms with Crippen LogP contribution in [0.5, 0.6) is 11.5 Å². The second-order valence-corrected chi connectivity index (χ2v) is 7.19. The second-order valence-electron chi connectivity index (χ2n) is 7.19. The third kappa shape index (κ3) is 3.82. The largest absolute Gasteiger partial charge is 0.482 e. The average molecular weight is 397 g/mol. The fourth-order valence-corrected chi connectivity index (χ4v) is 3.26. The van der Waals surface area contributed by atoms with E-state index in [1.807, 2.05) is 6.92 Å². The van der Waals surface area contributed by atoms with E-state index in [1.165, 1.54) is 25.1 Å². The van der Waals surface area contributed by atoms with Gasteiger partial charge in [0.15, 0.2) is 11.5 Å². The number of rotatable bonds is 5. The van der Waals surface area contributed by atoms with Gasteiger partial charge in [-0.05, 0) is 44.2 Å². The number of ether oxygens (including phenoxy) is 2. The van der Waals surface area contributed by atoms with Gasteiger partial charge in [-0.25, -0.2) is 4.39 Å². The van der Waals surface area contributed by atoms with Crippen LogP contribution in [0.15, 0.2) is 42.5 Å². The molecule has 0 saturated carbocycles. The van der Waals surface area contributed by atoms with Crippen molar-refractivity contribution in [2.24, 2.45) is 0 Å². The molecule has 2 aromatic rings. The van der Waals surface area contributed by atoms with E-state index in [0.717, 1.165) is 17.7 Å². The van der Waals surface area contributed by atoms with Crippen molar-refractivity contribution in [2.45, 2.75) is 44.1 Å². The predicted octanol–water partition coefficient (Wildman–Crippen LogP) is 4.87. The highest BCUT2D eigenvalue weighted by atomic mass is 19.4. The van der Waals surface area contributed by atoms with Crippen molar-refractivity contribution in [3.63, 3.8) is 0 Å². The second kappa shape index (κ2) is 6.77. The van der Waals surface area contributed by atoms with Crippen LogP contribution < -0.4 is 9.47 Å². The molecule has 0 saturated heterocycles. The van der Waals surface area contributed by atoms with E-state index in [1.54, 1.807) is 12.1 Å². The fraction of sp³-hybridized carbons (Fsp3) is 0.350. The van der Waals surface area contributed by atoms with Crippen LogP contribution in [0, 0.1) is 18.2 Å². The molecule has 1 heterocycles. The number of nitrogens with one attached hydrogen (secondary N) is 1. The van der Waals surface area contributed by atoms with Crippen LogP contribution in [-0.4, -0.2) is 22.8 Å². The maximum absolute atomic E-state index is 13.7. The lowest BCUT2D eigenvalue weighted by Gasteiger charge is -2.46. The van der Waals surface area contributed by atoms with Gasteiger partial charge in [-0.3, -0.25) is 5.41 Å². The molecule has 2 atom stereocenters. The maximum Gasteiger partial charge on any atom is 0.417 e. The van der Waals surface area contributed by atoms with Gasteiger partial charge in [0.2, 0.25) is 0 Å². The minimum absolute atomic E-state index is 0.193. The molecule has 1 aliphatic rings. The SMILES string of the molecule is Cc1ccc(OC(=N)CC(O)(CC2(C)Oc3ccc(F)cc32)C(F)(F)F)cc1. The molecule has 0 amide bonds. The van der Waals surface area contributed by atoms with Crippen LogP contribution in [0.2, 0.25) is 0 Å². The molecule has 2 aromatic carbocycles. The normalized spacial score (nSPS) is 20.4. The number of aryl methyl sites for hydroxylation is 1. The van der Waals surface area contributed by atoms with Crippen molar-refractivity contribution in [1.82, 2.24) is 0 Å². The molecule has 0 bridgehead atoms. The number of fused-ring (bicyclic) bond motifs is 1. The molecule has 8 heteroatoms. The smallest absolute Gasteiger partial charge is 0.417 e. The van der Waals surface area contributed by atoms with Crippen molar-refractivity contribution in [2.75, 3.05) is 0 Å². The number of hydrogen-bond donors (Lipinski definition) is 2. The highest BCUT2D eigenvalue weighted by Crippen LogP contribution is 2.51. The average Bonchev–Trinajstić information content (AvgIpc) is 2.57. The van der Waals surface area contributed by atoms with Crippen LogP contribution in [0.25, 0.3) is 0 Å². The fourth-order valence-electron chi connectivity index (χ4n) is 3.26. The highest BCUT2D eigenvalue weighted by molar-refractivity contribution is 5.76. The summed E-state index contributed by atoms with van der Waals surface area (Å²) in [5.74, 6) is -0.900. The lowest BCUT2D eigenvalue weighted by atomic mass is 9.77. The summed E-state index contributed by atoms with van der Waals surface area (Å²) in [6, 6.07) is 9.96. The zero-order valence-electron chi connectivity index (χ0n) is 15.2. The van der Waals surface area contributed by atoms with E-state index in [-0.39, 0.29) is 17.1 Å². The molecule has 0 spiro atoms. The molecule has 4 nitrogen and oxygen atoms in total. The molecule has 28 heavy (non-hydrogen) atoms. The molecular formula is C20H19F4NO3. The Labute approximate surface area is 159 Å². The Morgan fingerprint density at radius 2 is 1.82 bits per heavy atom. The predicted molar refractivity (Wildman–Crippen MR) is 94.2 cm³/mol. The Balaban J connectivity index is 1.79. The first-order valence-electron chi connectivity index (χ1n) is 8.52. The van der Waals surface area contributed by atoms with Crippen LogP contribution in [0.1, 0.15) is 30.9 Å². The zero-order chi connectivity index (χ0) is 20.7. The Hall–Kier alpha value is -2.61. The van der Waals surface area contributed by atoms with Crippen molar-refractivity contribution >= 4 is 5.90 Å². The lowest BCUT2D eigenvalue weighted by molar-refractivity contribution is -0.274. The number of alkyl halides is 3. The van der Waals surface area contributed by atoms with E-state index in [2.05, 4.69) is 0 Å². The van der Waals surface area contributed by atoms with E-state index in [9.17, 15) is 22.7 Å².